The fraction of sp³-hybridized carbons (Fsp3) is 0.400. The van der Waals surface area contributed by atoms with E-state index in [1.54, 1.807) is 6.07 Å². The number of hydrogen-bond acceptors (Lipinski definition) is 5. The van der Waals surface area contributed by atoms with Crippen molar-refractivity contribution in [3.63, 3.8) is 0 Å². The molecule has 0 fully saturated rings. The molecule has 0 atom stereocenters. The van der Waals surface area contributed by atoms with Crippen LogP contribution in [0.5, 0.6) is 11.5 Å². The third-order valence-corrected chi connectivity index (χ3v) is 3.95. The highest BCUT2D eigenvalue weighted by Crippen LogP contribution is 2.29. The van der Waals surface area contributed by atoms with Crippen LogP contribution in [0.25, 0.3) is 0 Å². The topological polar surface area (TPSA) is 65.1 Å². The second kappa shape index (κ2) is 5.35. The van der Waals surface area contributed by atoms with Crippen molar-refractivity contribution in [2.75, 3.05) is 28.4 Å². The van der Waals surface area contributed by atoms with Crippen LogP contribution in [-0.4, -0.2) is 41.3 Å². The second-order valence-electron chi connectivity index (χ2n) is 3.11. The maximum absolute atomic E-state index is 12.1. The lowest BCUT2D eigenvalue weighted by atomic mass is 10.3. The van der Waals surface area contributed by atoms with E-state index in [4.69, 9.17) is 14.3 Å². The molecule has 0 aliphatic rings. The van der Waals surface area contributed by atoms with Gasteiger partial charge in [0.2, 0.25) is 0 Å². The lowest BCUT2D eigenvalue weighted by Crippen LogP contribution is -2.26. The summed E-state index contributed by atoms with van der Waals surface area (Å²) in [6.45, 7) is 0. The molecule has 1 rings (SSSR count). The maximum Gasteiger partial charge on any atom is 0.268 e. The van der Waals surface area contributed by atoms with Crippen molar-refractivity contribution < 1.29 is 22.7 Å². The van der Waals surface area contributed by atoms with Gasteiger partial charge in [-0.05, 0) is 12.1 Å². The van der Waals surface area contributed by atoms with Gasteiger partial charge in [-0.1, -0.05) is 4.47 Å². The van der Waals surface area contributed by atoms with Crippen LogP contribution < -0.4 is 9.47 Å². The van der Waals surface area contributed by atoms with E-state index in [2.05, 4.69) is 0 Å². The predicted molar refractivity (Wildman–Crippen MR) is 61.5 cm³/mol. The predicted octanol–water partition coefficient (Wildman–Crippen LogP) is 0.886. The normalized spacial score (nSPS) is 11.6. The van der Waals surface area contributed by atoms with Crippen LogP contribution >= 0.6 is 0 Å². The monoisotopic (exact) mass is 261 g/mol. The quantitative estimate of drug-likeness (QED) is 0.736. The van der Waals surface area contributed by atoms with Crippen LogP contribution in [0.3, 0.4) is 0 Å². The van der Waals surface area contributed by atoms with Gasteiger partial charge in [-0.3, -0.25) is 4.84 Å². The van der Waals surface area contributed by atoms with E-state index >= 15 is 0 Å². The van der Waals surface area contributed by atoms with E-state index in [-0.39, 0.29) is 10.6 Å². The van der Waals surface area contributed by atoms with Gasteiger partial charge in [-0.2, -0.15) is 0 Å². The summed E-state index contributed by atoms with van der Waals surface area (Å²) in [5, 5.41) is 0. The van der Waals surface area contributed by atoms with Gasteiger partial charge in [0.15, 0.2) is 0 Å². The zero-order valence-electron chi connectivity index (χ0n) is 10.1. The molecule has 0 saturated heterocycles. The Bertz CT molecular complexity index is 485. The molecule has 0 amide bonds. The Kier molecular flexibility index (Phi) is 4.33. The standard InChI is InChI=1S/C10H15NO5S/c1-11(16-4)17(12,13)10-7-8(14-2)5-6-9(10)15-3/h5-7H,1-4H3. The van der Waals surface area contributed by atoms with Gasteiger partial charge in [0.1, 0.15) is 16.4 Å². The Morgan fingerprint density at radius 1 is 1.12 bits per heavy atom. The molecular weight excluding hydrogens is 246 g/mol. The summed E-state index contributed by atoms with van der Waals surface area (Å²) in [4.78, 5) is 4.68. The van der Waals surface area contributed by atoms with Crippen molar-refractivity contribution in [2.45, 2.75) is 4.90 Å². The maximum atomic E-state index is 12.1. The molecule has 1 aromatic carbocycles. The van der Waals surface area contributed by atoms with Gasteiger partial charge in [0.25, 0.3) is 10.0 Å². The molecular formula is C10H15NO5S. The van der Waals surface area contributed by atoms with Crippen molar-refractivity contribution >= 4 is 10.0 Å². The molecule has 0 aromatic heterocycles. The highest BCUT2D eigenvalue weighted by Gasteiger charge is 2.25. The number of rotatable bonds is 5. The van der Waals surface area contributed by atoms with E-state index < -0.39 is 10.0 Å². The molecule has 0 radical (unpaired) electrons. The van der Waals surface area contributed by atoms with E-state index in [1.807, 2.05) is 0 Å². The third-order valence-electron chi connectivity index (χ3n) is 2.24. The fourth-order valence-electron chi connectivity index (χ4n) is 1.22. The summed E-state index contributed by atoms with van der Waals surface area (Å²) in [5.74, 6) is 0.656. The van der Waals surface area contributed by atoms with Crippen LogP contribution in [-0.2, 0) is 14.9 Å². The Hall–Kier alpha value is -1.31. The summed E-state index contributed by atoms with van der Waals surface area (Å²) < 4.78 is 34.9. The van der Waals surface area contributed by atoms with Crippen molar-refractivity contribution in [3.05, 3.63) is 18.2 Å². The highest BCUT2D eigenvalue weighted by molar-refractivity contribution is 7.89. The number of benzene rings is 1. The van der Waals surface area contributed by atoms with Crippen LogP contribution in [0.4, 0.5) is 0 Å². The summed E-state index contributed by atoms with van der Waals surface area (Å²) in [6, 6.07) is 4.52. The van der Waals surface area contributed by atoms with Gasteiger partial charge in [0, 0.05) is 13.1 Å². The molecule has 0 aliphatic carbocycles. The lowest BCUT2D eigenvalue weighted by molar-refractivity contribution is -0.0259. The molecule has 7 heteroatoms. The van der Waals surface area contributed by atoms with E-state index in [1.165, 1.54) is 40.5 Å². The van der Waals surface area contributed by atoms with Gasteiger partial charge in [-0.15, -0.1) is 0 Å². The largest absolute Gasteiger partial charge is 0.497 e. The van der Waals surface area contributed by atoms with Crippen LogP contribution in [0.15, 0.2) is 23.1 Å². The molecule has 0 spiro atoms. The van der Waals surface area contributed by atoms with E-state index in [0.717, 1.165) is 4.47 Å². The average Bonchev–Trinajstić information content (AvgIpc) is 2.36. The molecule has 17 heavy (non-hydrogen) atoms. The summed E-state index contributed by atoms with van der Waals surface area (Å²) >= 11 is 0. The molecule has 1 aromatic rings. The second-order valence-corrected chi connectivity index (χ2v) is 5.02. The molecule has 0 heterocycles. The van der Waals surface area contributed by atoms with Gasteiger partial charge >= 0.3 is 0 Å². The number of ether oxygens (including phenoxy) is 2. The molecule has 0 saturated carbocycles. The molecule has 0 aliphatic heterocycles. The molecule has 6 nitrogen and oxygen atoms in total. The first kappa shape index (κ1) is 13.8. The average molecular weight is 261 g/mol. The minimum Gasteiger partial charge on any atom is -0.497 e. The minimum absolute atomic E-state index is 0.0105. The summed E-state index contributed by atoms with van der Waals surface area (Å²) in [7, 11) is 1.66. The Labute approximate surface area is 101 Å². The van der Waals surface area contributed by atoms with Crippen LogP contribution in [0.2, 0.25) is 0 Å². The van der Waals surface area contributed by atoms with Crippen molar-refractivity contribution in [1.82, 2.24) is 4.47 Å². The van der Waals surface area contributed by atoms with Crippen LogP contribution in [0, 0.1) is 0 Å². The first-order valence-corrected chi connectivity index (χ1v) is 6.16. The zero-order chi connectivity index (χ0) is 13.1. The number of sulfonamides is 1. The minimum atomic E-state index is -3.76. The molecule has 0 unspecified atom stereocenters. The van der Waals surface area contributed by atoms with Crippen molar-refractivity contribution in [1.29, 1.82) is 0 Å². The smallest absolute Gasteiger partial charge is 0.268 e. The number of hydroxylamine groups is 1. The lowest BCUT2D eigenvalue weighted by Gasteiger charge is -2.16. The Morgan fingerprint density at radius 3 is 2.24 bits per heavy atom. The molecule has 0 bridgehead atoms. The SMILES string of the molecule is COc1ccc(OC)c(S(=O)(=O)N(C)OC)c1. The van der Waals surface area contributed by atoms with Gasteiger partial charge < -0.3 is 9.47 Å². The zero-order valence-corrected chi connectivity index (χ0v) is 10.9. The summed E-state index contributed by atoms with van der Waals surface area (Å²) in [5.41, 5.74) is 0. The summed E-state index contributed by atoms with van der Waals surface area (Å²) in [6.07, 6.45) is 0. The van der Waals surface area contributed by atoms with Crippen molar-refractivity contribution in [3.8, 4) is 11.5 Å². The van der Waals surface area contributed by atoms with Crippen molar-refractivity contribution in [2.24, 2.45) is 0 Å². The number of hydrogen-bond donors (Lipinski definition) is 0. The fourth-order valence-corrected chi connectivity index (χ4v) is 2.37. The number of methoxy groups -OCH3 is 2. The Morgan fingerprint density at radius 2 is 1.76 bits per heavy atom. The first-order chi connectivity index (χ1) is 7.97. The van der Waals surface area contributed by atoms with Crippen LogP contribution in [0.1, 0.15) is 0 Å². The van der Waals surface area contributed by atoms with E-state index in [9.17, 15) is 8.42 Å². The molecule has 0 N–H and O–H groups in total. The van der Waals surface area contributed by atoms with Gasteiger partial charge in [0.05, 0.1) is 21.3 Å². The Balaban J connectivity index is 3.37. The number of nitrogens with zero attached hydrogens (tertiary/aromatic N) is 1. The van der Waals surface area contributed by atoms with E-state index in [0.29, 0.717) is 5.75 Å². The molecule has 96 valence electrons. The first-order valence-electron chi connectivity index (χ1n) is 4.72. The third kappa shape index (κ3) is 2.68. The highest BCUT2D eigenvalue weighted by atomic mass is 32.2. The van der Waals surface area contributed by atoms with Gasteiger partial charge in [-0.25, -0.2) is 8.42 Å².